The summed E-state index contributed by atoms with van der Waals surface area (Å²) in [5.41, 5.74) is 6.27. The SMILES string of the molecule is Nc1nc(=O)n([C@H]2CC[C@H](NS(=O)(=O)c3cccc(-c4ccc(Cl)cc4)c3)C2)cc1F. The molecule has 1 aromatic heterocycles. The monoisotopic (exact) mass is 462 g/mol. The molecule has 0 unspecified atom stereocenters. The molecule has 0 spiro atoms. The highest BCUT2D eigenvalue weighted by Crippen LogP contribution is 2.31. The van der Waals surface area contributed by atoms with Gasteiger partial charge in [0, 0.05) is 23.3 Å². The Balaban J connectivity index is 1.51. The Labute approximate surface area is 183 Å². The van der Waals surface area contributed by atoms with Crippen LogP contribution in [0.2, 0.25) is 5.02 Å². The van der Waals surface area contributed by atoms with Crippen LogP contribution >= 0.6 is 11.6 Å². The zero-order chi connectivity index (χ0) is 22.2. The van der Waals surface area contributed by atoms with Crippen molar-refractivity contribution in [3.8, 4) is 11.1 Å². The number of nitrogens with one attached hydrogen (secondary N) is 1. The Morgan fingerprint density at radius 1 is 1.13 bits per heavy atom. The fraction of sp³-hybridized carbons (Fsp3) is 0.238. The average molecular weight is 463 g/mol. The van der Waals surface area contributed by atoms with E-state index in [1.54, 1.807) is 24.3 Å². The first-order valence-electron chi connectivity index (χ1n) is 9.65. The maximum atomic E-state index is 13.7. The third-order valence-electron chi connectivity index (χ3n) is 5.38. The van der Waals surface area contributed by atoms with Crippen molar-refractivity contribution >= 4 is 27.4 Å². The molecule has 3 aromatic rings. The highest BCUT2D eigenvalue weighted by Gasteiger charge is 2.31. The second-order valence-electron chi connectivity index (χ2n) is 7.48. The van der Waals surface area contributed by atoms with Crippen molar-refractivity contribution in [3.63, 3.8) is 0 Å². The molecule has 3 N–H and O–H groups in total. The standard InChI is InChI=1S/C21H20ClFN4O3S/c22-15-6-4-13(5-7-15)14-2-1-3-18(10-14)31(29,30)26-16-8-9-17(11-16)27-12-19(23)20(24)25-21(27)28/h1-7,10,12,16-17,26H,8-9,11H2,(H2,24,25,28)/t16-,17-/m0/s1. The molecule has 0 bridgehead atoms. The first kappa shape index (κ1) is 21.5. The van der Waals surface area contributed by atoms with Crippen LogP contribution in [0, 0.1) is 5.82 Å². The summed E-state index contributed by atoms with van der Waals surface area (Å²) in [4.78, 5) is 15.7. The summed E-state index contributed by atoms with van der Waals surface area (Å²) in [7, 11) is -3.79. The molecule has 2 aromatic carbocycles. The molecular formula is C21H20ClFN4O3S. The van der Waals surface area contributed by atoms with Gasteiger partial charge >= 0.3 is 5.69 Å². The predicted octanol–water partition coefficient (Wildman–Crippen LogP) is 3.36. The lowest BCUT2D eigenvalue weighted by molar-refractivity contribution is 0.461. The number of benzene rings is 2. The number of halogens is 2. The zero-order valence-electron chi connectivity index (χ0n) is 16.3. The van der Waals surface area contributed by atoms with Crippen molar-refractivity contribution in [1.82, 2.24) is 14.3 Å². The van der Waals surface area contributed by atoms with Crippen molar-refractivity contribution in [3.05, 3.63) is 76.1 Å². The number of nitrogens with two attached hydrogens (primary N) is 1. The third kappa shape index (κ3) is 4.63. The lowest BCUT2D eigenvalue weighted by atomic mass is 10.1. The molecule has 1 aliphatic rings. The summed E-state index contributed by atoms with van der Waals surface area (Å²) in [6, 6.07) is 13.0. The van der Waals surface area contributed by atoms with Gasteiger partial charge in [0.25, 0.3) is 0 Å². The number of rotatable bonds is 5. The van der Waals surface area contributed by atoms with Crippen LogP contribution in [0.25, 0.3) is 11.1 Å². The summed E-state index contributed by atoms with van der Waals surface area (Å²) in [6.07, 6.45) is 2.41. The summed E-state index contributed by atoms with van der Waals surface area (Å²) >= 11 is 5.92. The molecule has 10 heteroatoms. The van der Waals surface area contributed by atoms with Gasteiger partial charge in [0.2, 0.25) is 10.0 Å². The largest absolute Gasteiger partial charge is 0.381 e. The quantitative estimate of drug-likeness (QED) is 0.604. The summed E-state index contributed by atoms with van der Waals surface area (Å²) < 4.78 is 43.5. The van der Waals surface area contributed by atoms with E-state index in [2.05, 4.69) is 9.71 Å². The van der Waals surface area contributed by atoms with E-state index in [1.807, 2.05) is 18.2 Å². The van der Waals surface area contributed by atoms with E-state index < -0.39 is 27.3 Å². The Morgan fingerprint density at radius 2 is 1.87 bits per heavy atom. The lowest BCUT2D eigenvalue weighted by Gasteiger charge is -2.16. The maximum absolute atomic E-state index is 13.7. The fourth-order valence-corrected chi connectivity index (χ4v) is 5.26. The van der Waals surface area contributed by atoms with Gasteiger partial charge in [0.1, 0.15) is 0 Å². The molecule has 1 fully saturated rings. The minimum Gasteiger partial charge on any atom is -0.381 e. The van der Waals surface area contributed by atoms with E-state index in [1.165, 1.54) is 10.6 Å². The molecular weight excluding hydrogens is 443 g/mol. The van der Waals surface area contributed by atoms with E-state index in [0.717, 1.165) is 17.3 Å². The Hall–Kier alpha value is -2.75. The number of anilines is 1. The van der Waals surface area contributed by atoms with Gasteiger partial charge in [-0.1, -0.05) is 35.9 Å². The van der Waals surface area contributed by atoms with Crippen LogP contribution in [0.4, 0.5) is 10.2 Å². The Kier molecular flexibility index (Phi) is 5.83. The molecule has 1 heterocycles. The van der Waals surface area contributed by atoms with E-state index >= 15 is 0 Å². The van der Waals surface area contributed by atoms with Gasteiger partial charge in [0.15, 0.2) is 11.6 Å². The first-order chi connectivity index (χ1) is 14.7. The predicted molar refractivity (Wildman–Crippen MR) is 117 cm³/mol. The number of aromatic nitrogens is 2. The van der Waals surface area contributed by atoms with Gasteiger partial charge in [-0.3, -0.25) is 4.57 Å². The smallest absolute Gasteiger partial charge is 0.349 e. The molecule has 1 aliphatic carbocycles. The topological polar surface area (TPSA) is 107 Å². The van der Waals surface area contributed by atoms with Gasteiger partial charge < -0.3 is 5.73 Å². The number of hydrogen-bond acceptors (Lipinski definition) is 5. The van der Waals surface area contributed by atoms with Crippen LogP contribution in [0.5, 0.6) is 0 Å². The van der Waals surface area contributed by atoms with Crippen LogP contribution in [0.3, 0.4) is 0 Å². The van der Waals surface area contributed by atoms with Crippen LogP contribution in [0.1, 0.15) is 25.3 Å². The highest BCUT2D eigenvalue weighted by molar-refractivity contribution is 7.89. The first-order valence-corrected chi connectivity index (χ1v) is 11.5. The molecule has 1 saturated carbocycles. The summed E-state index contributed by atoms with van der Waals surface area (Å²) in [6.45, 7) is 0. The van der Waals surface area contributed by atoms with Gasteiger partial charge in [-0.2, -0.15) is 4.98 Å². The Morgan fingerprint density at radius 3 is 2.61 bits per heavy atom. The third-order valence-corrected chi connectivity index (χ3v) is 7.15. The van der Waals surface area contributed by atoms with Gasteiger partial charge in [-0.05, 0) is 54.7 Å². The zero-order valence-corrected chi connectivity index (χ0v) is 17.9. The van der Waals surface area contributed by atoms with E-state index in [4.69, 9.17) is 17.3 Å². The van der Waals surface area contributed by atoms with Crippen LogP contribution in [-0.2, 0) is 10.0 Å². The fourth-order valence-electron chi connectivity index (χ4n) is 3.81. The second kappa shape index (κ2) is 8.41. The molecule has 0 aliphatic heterocycles. The van der Waals surface area contributed by atoms with E-state index in [9.17, 15) is 17.6 Å². The van der Waals surface area contributed by atoms with Crippen molar-refractivity contribution in [2.75, 3.05) is 5.73 Å². The minimum atomic E-state index is -3.79. The van der Waals surface area contributed by atoms with Gasteiger partial charge in [-0.25, -0.2) is 22.3 Å². The van der Waals surface area contributed by atoms with Crippen molar-refractivity contribution in [1.29, 1.82) is 0 Å². The molecule has 2 atom stereocenters. The van der Waals surface area contributed by atoms with Crippen molar-refractivity contribution in [2.45, 2.75) is 36.2 Å². The molecule has 0 saturated heterocycles. The number of nitrogen functional groups attached to an aromatic ring is 1. The lowest BCUT2D eigenvalue weighted by Crippen LogP contribution is -2.34. The Bertz CT molecular complexity index is 1280. The number of sulfonamides is 1. The number of hydrogen-bond donors (Lipinski definition) is 2. The molecule has 4 rings (SSSR count). The van der Waals surface area contributed by atoms with Gasteiger partial charge in [0.05, 0.1) is 4.90 Å². The second-order valence-corrected chi connectivity index (χ2v) is 9.63. The molecule has 162 valence electrons. The summed E-state index contributed by atoms with van der Waals surface area (Å²) in [5.74, 6) is -1.22. The van der Waals surface area contributed by atoms with Crippen molar-refractivity contribution < 1.29 is 12.8 Å². The van der Waals surface area contributed by atoms with Crippen LogP contribution < -0.4 is 16.1 Å². The molecule has 0 amide bonds. The molecule has 0 radical (unpaired) electrons. The minimum absolute atomic E-state index is 0.140. The van der Waals surface area contributed by atoms with Crippen LogP contribution in [0.15, 0.2) is 64.4 Å². The van der Waals surface area contributed by atoms with E-state index in [-0.39, 0.29) is 17.0 Å². The molecule has 7 nitrogen and oxygen atoms in total. The summed E-state index contributed by atoms with van der Waals surface area (Å²) in [5, 5.41) is 0.597. The number of nitrogens with zero attached hydrogens (tertiary/aromatic N) is 2. The average Bonchev–Trinajstić information content (AvgIpc) is 3.19. The normalized spacial score (nSPS) is 18.9. The van der Waals surface area contributed by atoms with Crippen LogP contribution in [-0.4, -0.2) is 24.0 Å². The maximum Gasteiger partial charge on any atom is 0.349 e. The van der Waals surface area contributed by atoms with Gasteiger partial charge in [-0.15, -0.1) is 0 Å². The van der Waals surface area contributed by atoms with Crippen molar-refractivity contribution in [2.24, 2.45) is 0 Å². The highest BCUT2D eigenvalue weighted by atomic mass is 35.5. The molecule has 31 heavy (non-hydrogen) atoms. The van der Waals surface area contributed by atoms with E-state index in [0.29, 0.717) is 24.3 Å².